The molecule has 3 heterocycles. The second kappa shape index (κ2) is 9.40. The summed E-state index contributed by atoms with van der Waals surface area (Å²) in [5.41, 5.74) is 1.61. The lowest BCUT2D eigenvalue weighted by molar-refractivity contribution is -0.0448. The van der Waals surface area contributed by atoms with Crippen LogP contribution in [0.4, 0.5) is 0 Å². The van der Waals surface area contributed by atoms with Gasteiger partial charge in [0.2, 0.25) is 0 Å². The number of piperidine rings is 1. The number of likely N-dealkylation sites (tertiary alicyclic amines) is 3. The smallest absolute Gasteiger partial charge is 0.0244 e. The quantitative estimate of drug-likeness (QED) is 0.392. The van der Waals surface area contributed by atoms with E-state index in [0.29, 0.717) is 16.4 Å². The van der Waals surface area contributed by atoms with E-state index < -0.39 is 0 Å². The van der Waals surface area contributed by atoms with E-state index in [-0.39, 0.29) is 18.5 Å². The molecule has 3 fully saturated rings. The van der Waals surface area contributed by atoms with Crippen molar-refractivity contribution in [1.82, 2.24) is 14.7 Å². The lowest BCUT2D eigenvalue weighted by Gasteiger charge is -2.54. The van der Waals surface area contributed by atoms with Crippen LogP contribution in [0.5, 0.6) is 0 Å². The van der Waals surface area contributed by atoms with Gasteiger partial charge in [0.1, 0.15) is 0 Å². The normalized spacial score (nSPS) is 27.3. The van der Waals surface area contributed by atoms with Crippen molar-refractivity contribution < 1.29 is 0 Å². The maximum atomic E-state index is 2.89. The Morgan fingerprint density at radius 3 is 1.64 bits per heavy atom. The minimum Gasteiger partial charge on any atom is -0.298 e. The topological polar surface area (TPSA) is 9.72 Å². The molecule has 2 bridgehead atoms. The summed E-state index contributed by atoms with van der Waals surface area (Å²) in [7, 11) is 0. The molecule has 0 saturated carbocycles. The highest BCUT2D eigenvalue weighted by Crippen LogP contribution is 2.48. The van der Waals surface area contributed by atoms with Crippen LogP contribution in [-0.4, -0.2) is 69.6 Å². The lowest BCUT2D eigenvalue weighted by atomic mass is 9.66. The predicted molar refractivity (Wildman–Crippen MR) is 147 cm³/mol. The van der Waals surface area contributed by atoms with E-state index in [1.165, 1.54) is 58.3 Å². The summed E-state index contributed by atoms with van der Waals surface area (Å²) < 4.78 is 0. The number of rotatable bonds is 7. The second-order valence-electron chi connectivity index (χ2n) is 15.1. The molecule has 0 unspecified atom stereocenters. The SMILES string of the molecule is C.CCC(C)(C)C(C)(C)N1CCC(C(C)(C)CC(C)(C)N2C[C@@H]3C[C@H]2CN3C(C)(C)C)CC1. The van der Waals surface area contributed by atoms with Gasteiger partial charge in [-0.1, -0.05) is 42.0 Å². The first-order chi connectivity index (χ1) is 14.4. The second-order valence-corrected chi connectivity index (χ2v) is 15.1. The molecule has 2 atom stereocenters. The van der Waals surface area contributed by atoms with Gasteiger partial charge < -0.3 is 0 Å². The molecule has 3 saturated heterocycles. The van der Waals surface area contributed by atoms with Crippen LogP contribution in [0.2, 0.25) is 0 Å². The summed E-state index contributed by atoms with van der Waals surface area (Å²) in [5.74, 6) is 0.837. The molecule has 3 aliphatic heterocycles. The maximum Gasteiger partial charge on any atom is 0.0244 e. The van der Waals surface area contributed by atoms with Crippen LogP contribution >= 0.6 is 0 Å². The highest BCUT2D eigenvalue weighted by atomic mass is 15.4. The first kappa shape index (κ1) is 29.1. The number of hydrogen-bond acceptors (Lipinski definition) is 3. The van der Waals surface area contributed by atoms with Crippen LogP contribution in [-0.2, 0) is 0 Å². The lowest BCUT2D eigenvalue weighted by Crippen LogP contribution is -2.60. The molecule has 3 nitrogen and oxygen atoms in total. The van der Waals surface area contributed by atoms with E-state index in [9.17, 15) is 0 Å². The van der Waals surface area contributed by atoms with Crippen molar-refractivity contribution in [3.05, 3.63) is 0 Å². The van der Waals surface area contributed by atoms with Crippen LogP contribution in [0.25, 0.3) is 0 Å². The molecule has 0 radical (unpaired) electrons. The number of hydrogen-bond donors (Lipinski definition) is 0. The van der Waals surface area contributed by atoms with Crippen molar-refractivity contribution in [2.45, 2.75) is 151 Å². The molecule has 3 aliphatic rings. The molecule has 0 aliphatic carbocycles. The van der Waals surface area contributed by atoms with Crippen molar-refractivity contribution in [1.29, 1.82) is 0 Å². The third kappa shape index (κ3) is 5.51. The van der Waals surface area contributed by atoms with Gasteiger partial charge >= 0.3 is 0 Å². The van der Waals surface area contributed by atoms with Gasteiger partial charge in [-0.25, -0.2) is 0 Å². The van der Waals surface area contributed by atoms with E-state index in [0.717, 1.165) is 18.0 Å². The van der Waals surface area contributed by atoms with Crippen molar-refractivity contribution in [2.24, 2.45) is 16.7 Å². The molecule has 196 valence electrons. The minimum absolute atomic E-state index is 0. The minimum atomic E-state index is 0. The number of fused-ring (bicyclic) bond motifs is 2. The third-order valence-corrected chi connectivity index (χ3v) is 10.7. The molecule has 0 N–H and O–H groups in total. The van der Waals surface area contributed by atoms with Gasteiger partial charge in [-0.05, 0) is 110 Å². The summed E-state index contributed by atoms with van der Waals surface area (Å²) in [6.07, 6.45) is 6.64. The van der Waals surface area contributed by atoms with Crippen molar-refractivity contribution in [3.63, 3.8) is 0 Å². The van der Waals surface area contributed by atoms with Crippen LogP contribution in [0.3, 0.4) is 0 Å². The fraction of sp³-hybridized carbons (Fsp3) is 1.00. The van der Waals surface area contributed by atoms with Gasteiger partial charge in [0.15, 0.2) is 0 Å². The van der Waals surface area contributed by atoms with Crippen LogP contribution < -0.4 is 0 Å². The van der Waals surface area contributed by atoms with Crippen LogP contribution in [0, 0.1) is 16.7 Å². The molecule has 33 heavy (non-hydrogen) atoms. The van der Waals surface area contributed by atoms with Crippen molar-refractivity contribution >= 4 is 0 Å². The Bertz CT molecular complexity index is 646. The molecule has 0 amide bonds. The Kier molecular flexibility index (Phi) is 8.29. The third-order valence-electron chi connectivity index (χ3n) is 10.7. The Labute approximate surface area is 209 Å². The average Bonchev–Trinajstić information content (AvgIpc) is 3.28. The molecular formula is C30H61N3. The summed E-state index contributed by atoms with van der Waals surface area (Å²) in [5, 5.41) is 0. The summed E-state index contributed by atoms with van der Waals surface area (Å²) >= 11 is 0. The Balaban J connectivity index is 0.00000385. The average molecular weight is 464 g/mol. The molecule has 0 aromatic heterocycles. The Morgan fingerprint density at radius 2 is 1.21 bits per heavy atom. The van der Waals surface area contributed by atoms with E-state index in [1.54, 1.807) is 0 Å². The fourth-order valence-electron chi connectivity index (χ4n) is 7.67. The Morgan fingerprint density at radius 1 is 0.727 bits per heavy atom. The maximum absolute atomic E-state index is 2.89. The first-order valence-corrected chi connectivity index (χ1v) is 13.7. The fourth-order valence-corrected chi connectivity index (χ4v) is 7.67. The standard InChI is InChI=1S/C29H57N3.CH4/c1-13-27(7,8)29(11,12)30-16-14-22(15-17-30)26(5,6)21-28(9,10)32-20-23-18-24(32)19-31(23)25(2,3)4;/h22-24H,13-21H2,1-12H3;1H4/t23-,24-;/m0./s1. The number of nitrogens with zero attached hydrogens (tertiary/aromatic N) is 3. The van der Waals surface area contributed by atoms with Gasteiger partial charge in [-0.15, -0.1) is 0 Å². The molecule has 0 spiro atoms. The zero-order valence-corrected chi connectivity index (χ0v) is 23.9. The summed E-state index contributed by atoms with van der Waals surface area (Å²) in [6.45, 7) is 34.7. The number of piperazine rings is 1. The predicted octanol–water partition coefficient (Wildman–Crippen LogP) is 7.30. The van der Waals surface area contributed by atoms with E-state index >= 15 is 0 Å². The summed E-state index contributed by atoms with van der Waals surface area (Å²) in [6, 6.07) is 1.51. The largest absolute Gasteiger partial charge is 0.298 e. The van der Waals surface area contributed by atoms with E-state index in [1.807, 2.05) is 0 Å². The Hall–Kier alpha value is -0.120. The van der Waals surface area contributed by atoms with Gasteiger partial charge in [-0.3, -0.25) is 14.7 Å². The van der Waals surface area contributed by atoms with Gasteiger partial charge in [0.25, 0.3) is 0 Å². The van der Waals surface area contributed by atoms with E-state index in [2.05, 4.69) is 97.8 Å². The highest BCUT2D eigenvalue weighted by Gasteiger charge is 2.52. The zero-order valence-electron chi connectivity index (χ0n) is 23.9. The molecule has 3 rings (SSSR count). The molecular weight excluding hydrogens is 402 g/mol. The van der Waals surface area contributed by atoms with Crippen LogP contribution in [0.1, 0.15) is 123 Å². The summed E-state index contributed by atoms with van der Waals surface area (Å²) in [4.78, 5) is 8.46. The molecule has 0 aromatic rings. The highest BCUT2D eigenvalue weighted by molar-refractivity contribution is 5.08. The molecule has 0 aromatic carbocycles. The zero-order chi connectivity index (χ0) is 24.3. The van der Waals surface area contributed by atoms with Gasteiger partial charge in [0, 0.05) is 41.8 Å². The van der Waals surface area contributed by atoms with Crippen molar-refractivity contribution in [3.8, 4) is 0 Å². The van der Waals surface area contributed by atoms with Crippen LogP contribution in [0.15, 0.2) is 0 Å². The monoisotopic (exact) mass is 463 g/mol. The van der Waals surface area contributed by atoms with E-state index in [4.69, 9.17) is 0 Å². The molecule has 3 heteroatoms. The van der Waals surface area contributed by atoms with Gasteiger partial charge in [-0.2, -0.15) is 0 Å². The van der Waals surface area contributed by atoms with Gasteiger partial charge in [0.05, 0.1) is 0 Å². The first-order valence-electron chi connectivity index (χ1n) is 13.7. The van der Waals surface area contributed by atoms with Crippen molar-refractivity contribution in [2.75, 3.05) is 26.2 Å².